The molecule has 2 nitrogen and oxygen atoms in total. The van der Waals surface area contributed by atoms with Crippen LogP contribution in [-0.4, -0.2) is 18.0 Å². The monoisotopic (exact) mass is 242 g/mol. The number of benzene rings is 1. The fourth-order valence-corrected chi connectivity index (χ4v) is 1.77. The van der Waals surface area contributed by atoms with Crippen LogP contribution in [0.15, 0.2) is 24.3 Å². The van der Waals surface area contributed by atoms with Crippen LogP contribution in [-0.2, 0) is 6.54 Å². The van der Waals surface area contributed by atoms with E-state index in [0.29, 0.717) is 5.92 Å². The number of anilines is 1. The topological polar surface area (TPSA) is 29.3 Å². The van der Waals surface area contributed by atoms with Crippen molar-refractivity contribution < 1.29 is 0 Å². The first-order chi connectivity index (χ1) is 7.11. The third kappa shape index (κ3) is 5.38. The molecule has 0 aromatic heterocycles. The van der Waals surface area contributed by atoms with Crippen LogP contribution >= 0.6 is 12.4 Å². The minimum absolute atomic E-state index is 0. The van der Waals surface area contributed by atoms with E-state index in [4.69, 9.17) is 5.73 Å². The molecule has 1 rings (SSSR count). The van der Waals surface area contributed by atoms with Crippen molar-refractivity contribution in [1.82, 2.24) is 4.90 Å². The van der Waals surface area contributed by atoms with Crippen LogP contribution < -0.4 is 5.73 Å². The lowest BCUT2D eigenvalue weighted by Crippen LogP contribution is -2.27. The van der Waals surface area contributed by atoms with Gasteiger partial charge in [-0.3, -0.25) is 4.90 Å². The minimum Gasteiger partial charge on any atom is -0.399 e. The van der Waals surface area contributed by atoms with Gasteiger partial charge >= 0.3 is 0 Å². The van der Waals surface area contributed by atoms with E-state index in [2.05, 4.69) is 37.8 Å². The summed E-state index contributed by atoms with van der Waals surface area (Å²) in [7, 11) is 0. The Hall–Kier alpha value is -0.730. The Morgan fingerprint density at radius 2 is 2.00 bits per heavy atom. The van der Waals surface area contributed by atoms with E-state index in [1.165, 1.54) is 5.56 Å². The standard InChI is InChI=1S/C13H22N2.ClH/c1-4-15(9-11(2)3)10-12-6-5-7-13(14)8-12;/h5-8,11H,4,9-10,14H2,1-3H3;1H. The summed E-state index contributed by atoms with van der Waals surface area (Å²) in [6, 6.07) is 8.15. The first kappa shape index (κ1) is 15.3. The van der Waals surface area contributed by atoms with E-state index in [0.717, 1.165) is 25.3 Å². The van der Waals surface area contributed by atoms with Crippen LogP contribution in [0.1, 0.15) is 26.3 Å². The zero-order valence-electron chi connectivity index (χ0n) is 10.4. The molecule has 1 aromatic rings. The van der Waals surface area contributed by atoms with Crippen molar-refractivity contribution in [2.45, 2.75) is 27.3 Å². The molecule has 2 N–H and O–H groups in total. The van der Waals surface area contributed by atoms with Gasteiger partial charge in [-0.05, 0) is 30.2 Å². The van der Waals surface area contributed by atoms with Crippen molar-refractivity contribution in [3.05, 3.63) is 29.8 Å². The molecule has 0 unspecified atom stereocenters. The molecule has 0 aliphatic carbocycles. The molecule has 0 bridgehead atoms. The number of nitrogens with two attached hydrogens (primary N) is 1. The average Bonchev–Trinajstić information content (AvgIpc) is 2.16. The SMILES string of the molecule is CCN(Cc1cccc(N)c1)CC(C)C.Cl. The van der Waals surface area contributed by atoms with Crippen LogP contribution in [0.3, 0.4) is 0 Å². The summed E-state index contributed by atoms with van der Waals surface area (Å²) >= 11 is 0. The molecular formula is C13H23ClN2. The van der Waals surface area contributed by atoms with E-state index < -0.39 is 0 Å². The molecule has 0 fully saturated rings. The number of nitrogens with zero attached hydrogens (tertiary/aromatic N) is 1. The first-order valence-corrected chi connectivity index (χ1v) is 5.68. The molecule has 92 valence electrons. The average molecular weight is 243 g/mol. The van der Waals surface area contributed by atoms with Crippen LogP contribution in [0.2, 0.25) is 0 Å². The molecule has 0 aliphatic rings. The van der Waals surface area contributed by atoms with E-state index in [-0.39, 0.29) is 12.4 Å². The molecule has 0 amide bonds. The van der Waals surface area contributed by atoms with Gasteiger partial charge in [0.15, 0.2) is 0 Å². The summed E-state index contributed by atoms with van der Waals surface area (Å²) in [6.45, 7) is 9.94. The Balaban J connectivity index is 0.00000225. The van der Waals surface area contributed by atoms with Gasteiger partial charge in [0, 0.05) is 18.8 Å². The van der Waals surface area contributed by atoms with Gasteiger partial charge in [0.1, 0.15) is 0 Å². The molecule has 0 aliphatic heterocycles. The number of nitrogen functional groups attached to an aromatic ring is 1. The van der Waals surface area contributed by atoms with Gasteiger partial charge in [-0.1, -0.05) is 32.9 Å². The van der Waals surface area contributed by atoms with Crippen molar-refractivity contribution in [3.8, 4) is 0 Å². The normalized spacial score (nSPS) is 10.6. The Kier molecular flexibility index (Phi) is 7.18. The molecule has 0 spiro atoms. The summed E-state index contributed by atoms with van der Waals surface area (Å²) in [5.74, 6) is 0.714. The van der Waals surface area contributed by atoms with Crippen LogP contribution in [0.5, 0.6) is 0 Å². The molecule has 3 heteroatoms. The predicted molar refractivity (Wildman–Crippen MR) is 73.9 cm³/mol. The van der Waals surface area contributed by atoms with E-state index in [9.17, 15) is 0 Å². The molecule has 0 radical (unpaired) electrons. The van der Waals surface area contributed by atoms with Crippen molar-refractivity contribution in [2.75, 3.05) is 18.8 Å². The number of hydrogen-bond donors (Lipinski definition) is 1. The molecular weight excluding hydrogens is 220 g/mol. The number of rotatable bonds is 5. The lowest BCUT2D eigenvalue weighted by atomic mass is 10.1. The van der Waals surface area contributed by atoms with Gasteiger partial charge in [-0.25, -0.2) is 0 Å². The molecule has 0 heterocycles. The molecule has 16 heavy (non-hydrogen) atoms. The molecule has 0 saturated heterocycles. The van der Waals surface area contributed by atoms with Gasteiger partial charge < -0.3 is 5.73 Å². The van der Waals surface area contributed by atoms with Gasteiger partial charge in [0.05, 0.1) is 0 Å². The highest BCUT2D eigenvalue weighted by atomic mass is 35.5. The zero-order valence-corrected chi connectivity index (χ0v) is 11.3. The maximum absolute atomic E-state index is 5.76. The number of halogens is 1. The fourth-order valence-electron chi connectivity index (χ4n) is 1.77. The summed E-state index contributed by atoms with van der Waals surface area (Å²) in [5, 5.41) is 0. The quantitative estimate of drug-likeness (QED) is 0.804. The van der Waals surface area contributed by atoms with Crippen LogP contribution in [0.4, 0.5) is 5.69 Å². The molecule has 0 atom stereocenters. The summed E-state index contributed by atoms with van der Waals surface area (Å²) in [4.78, 5) is 2.44. The lowest BCUT2D eigenvalue weighted by molar-refractivity contribution is 0.248. The second-order valence-corrected chi connectivity index (χ2v) is 4.47. The van der Waals surface area contributed by atoms with Gasteiger partial charge in [0.2, 0.25) is 0 Å². The Bertz CT molecular complexity index is 300. The zero-order chi connectivity index (χ0) is 11.3. The predicted octanol–water partition coefficient (Wildman–Crippen LogP) is 3.17. The third-order valence-corrected chi connectivity index (χ3v) is 2.43. The summed E-state index contributed by atoms with van der Waals surface area (Å²) in [6.07, 6.45) is 0. The maximum atomic E-state index is 5.76. The Morgan fingerprint density at radius 3 is 2.50 bits per heavy atom. The number of hydrogen-bond acceptors (Lipinski definition) is 2. The van der Waals surface area contributed by atoms with Gasteiger partial charge in [0.25, 0.3) is 0 Å². The van der Waals surface area contributed by atoms with E-state index in [1.54, 1.807) is 0 Å². The highest BCUT2D eigenvalue weighted by molar-refractivity contribution is 5.85. The van der Waals surface area contributed by atoms with E-state index >= 15 is 0 Å². The van der Waals surface area contributed by atoms with Crippen molar-refractivity contribution in [2.24, 2.45) is 5.92 Å². The first-order valence-electron chi connectivity index (χ1n) is 5.68. The molecule has 0 saturated carbocycles. The smallest absolute Gasteiger partial charge is 0.0317 e. The van der Waals surface area contributed by atoms with Crippen molar-refractivity contribution in [3.63, 3.8) is 0 Å². The van der Waals surface area contributed by atoms with E-state index in [1.807, 2.05) is 12.1 Å². The lowest BCUT2D eigenvalue weighted by Gasteiger charge is -2.22. The Morgan fingerprint density at radius 1 is 1.31 bits per heavy atom. The highest BCUT2D eigenvalue weighted by Crippen LogP contribution is 2.10. The second kappa shape index (κ2) is 7.53. The highest BCUT2D eigenvalue weighted by Gasteiger charge is 2.05. The third-order valence-electron chi connectivity index (χ3n) is 2.43. The minimum atomic E-state index is 0. The van der Waals surface area contributed by atoms with Crippen molar-refractivity contribution in [1.29, 1.82) is 0 Å². The van der Waals surface area contributed by atoms with Crippen LogP contribution in [0.25, 0.3) is 0 Å². The van der Waals surface area contributed by atoms with Gasteiger partial charge in [-0.2, -0.15) is 0 Å². The maximum Gasteiger partial charge on any atom is 0.0317 e. The van der Waals surface area contributed by atoms with Crippen molar-refractivity contribution >= 4 is 18.1 Å². The second-order valence-electron chi connectivity index (χ2n) is 4.47. The fraction of sp³-hybridized carbons (Fsp3) is 0.538. The molecule has 1 aromatic carbocycles. The summed E-state index contributed by atoms with van der Waals surface area (Å²) in [5.41, 5.74) is 7.92. The van der Waals surface area contributed by atoms with Gasteiger partial charge in [-0.15, -0.1) is 12.4 Å². The largest absolute Gasteiger partial charge is 0.399 e. The summed E-state index contributed by atoms with van der Waals surface area (Å²) < 4.78 is 0. The Labute approximate surface area is 105 Å². The van der Waals surface area contributed by atoms with Crippen LogP contribution in [0, 0.1) is 5.92 Å².